The van der Waals surface area contributed by atoms with Crippen molar-refractivity contribution in [2.24, 2.45) is 5.92 Å². The zero-order valence-corrected chi connectivity index (χ0v) is 18.5. The van der Waals surface area contributed by atoms with E-state index >= 15 is 0 Å². The molecule has 0 bridgehead atoms. The van der Waals surface area contributed by atoms with Crippen LogP contribution >= 0.6 is 11.3 Å². The Labute approximate surface area is 186 Å². The lowest BCUT2D eigenvalue weighted by atomic mass is 10.0. The van der Waals surface area contributed by atoms with Gasteiger partial charge in [-0.05, 0) is 55.3 Å². The number of aryl methyl sites for hydroxylation is 1. The number of nitrogens with one attached hydrogen (secondary N) is 1. The molecule has 0 spiro atoms. The minimum atomic E-state index is -4.41. The smallest absolute Gasteiger partial charge is 0.394 e. The van der Waals surface area contributed by atoms with Crippen LogP contribution in [0.1, 0.15) is 34.8 Å². The summed E-state index contributed by atoms with van der Waals surface area (Å²) in [6.45, 7) is 5.53. The Morgan fingerprint density at radius 3 is 2.47 bits per heavy atom. The van der Waals surface area contributed by atoms with Gasteiger partial charge >= 0.3 is 6.18 Å². The molecule has 2 heterocycles. The molecule has 168 valence electrons. The average molecular weight is 462 g/mol. The van der Waals surface area contributed by atoms with Gasteiger partial charge < -0.3 is 10.4 Å². The van der Waals surface area contributed by atoms with E-state index in [2.05, 4.69) is 10.3 Å². The maximum atomic E-state index is 13.0. The Morgan fingerprint density at radius 1 is 1.19 bits per heavy atom. The molecule has 0 saturated carbocycles. The number of carbonyl (C=O) groups excluding carboxylic acids is 1. The van der Waals surface area contributed by atoms with E-state index in [-0.39, 0.29) is 24.5 Å². The minimum absolute atomic E-state index is 0.0734. The molecule has 2 aromatic heterocycles. The summed E-state index contributed by atoms with van der Waals surface area (Å²) >= 11 is 1.46. The Bertz CT molecular complexity index is 1290. The molecule has 0 unspecified atom stereocenters. The van der Waals surface area contributed by atoms with Crippen molar-refractivity contribution in [1.82, 2.24) is 14.9 Å². The highest BCUT2D eigenvalue weighted by Gasteiger charge is 2.30. The number of carbonyl (C=O) groups is 1. The highest BCUT2D eigenvalue weighted by atomic mass is 32.1. The first-order valence-corrected chi connectivity index (χ1v) is 10.9. The summed E-state index contributed by atoms with van der Waals surface area (Å²) in [7, 11) is 0. The second-order valence-electron chi connectivity index (χ2n) is 8.00. The Kier molecular flexibility index (Phi) is 5.72. The molecule has 32 heavy (non-hydrogen) atoms. The van der Waals surface area contributed by atoms with Crippen molar-refractivity contribution in [3.8, 4) is 5.69 Å². The average Bonchev–Trinajstić information content (AvgIpc) is 3.25. The first-order chi connectivity index (χ1) is 15.1. The third-order valence-electron chi connectivity index (χ3n) is 5.44. The van der Waals surface area contributed by atoms with Crippen LogP contribution in [0.2, 0.25) is 0 Å². The van der Waals surface area contributed by atoms with Gasteiger partial charge in [0.1, 0.15) is 0 Å². The van der Waals surface area contributed by atoms with Crippen LogP contribution in [0, 0.1) is 12.8 Å². The van der Waals surface area contributed by atoms with Crippen LogP contribution in [0.3, 0.4) is 0 Å². The largest absolute Gasteiger partial charge is 0.416 e. The van der Waals surface area contributed by atoms with Crippen molar-refractivity contribution < 1.29 is 23.1 Å². The summed E-state index contributed by atoms with van der Waals surface area (Å²) in [6.07, 6.45) is -4.41. The molecule has 2 aromatic carbocycles. The molecule has 4 rings (SSSR count). The molecule has 0 saturated heterocycles. The highest BCUT2D eigenvalue weighted by Crippen LogP contribution is 2.37. The van der Waals surface area contributed by atoms with Gasteiger partial charge in [0.25, 0.3) is 5.91 Å². The second kappa shape index (κ2) is 8.22. The molecular weight excluding hydrogens is 439 g/mol. The van der Waals surface area contributed by atoms with Crippen LogP contribution in [-0.4, -0.2) is 33.2 Å². The zero-order chi connectivity index (χ0) is 23.2. The van der Waals surface area contributed by atoms with Crippen molar-refractivity contribution in [3.05, 3.63) is 58.6 Å². The molecule has 0 fully saturated rings. The van der Waals surface area contributed by atoms with Crippen LogP contribution in [0.15, 0.2) is 42.5 Å². The molecule has 4 aromatic rings. The van der Waals surface area contributed by atoms with Gasteiger partial charge in [0.15, 0.2) is 5.65 Å². The first kappa shape index (κ1) is 22.3. The van der Waals surface area contributed by atoms with Crippen LogP contribution in [-0.2, 0) is 6.18 Å². The summed E-state index contributed by atoms with van der Waals surface area (Å²) in [5, 5.41) is 14.0. The molecular formula is C23H22F3N3O2S. The van der Waals surface area contributed by atoms with Gasteiger partial charge in [-0.15, -0.1) is 11.3 Å². The lowest BCUT2D eigenvalue weighted by molar-refractivity contribution is -0.137. The maximum Gasteiger partial charge on any atom is 0.416 e. The number of aromatic nitrogens is 2. The molecule has 1 atom stereocenters. The Balaban J connectivity index is 1.82. The number of halogens is 3. The van der Waals surface area contributed by atoms with Crippen LogP contribution in [0.5, 0.6) is 0 Å². The van der Waals surface area contributed by atoms with E-state index < -0.39 is 11.7 Å². The van der Waals surface area contributed by atoms with Gasteiger partial charge in [-0.2, -0.15) is 13.2 Å². The number of hydrogen-bond donors (Lipinski definition) is 2. The SMILES string of the molecule is Cc1nc2c(s1)c1cc(C(=O)N[C@H](CO)C(C)C)ccc1n2-c1ccc(C(F)(F)F)cc1. The van der Waals surface area contributed by atoms with E-state index in [1.807, 2.05) is 20.8 Å². The lowest BCUT2D eigenvalue weighted by Crippen LogP contribution is -2.41. The predicted molar refractivity (Wildman–Crippen MR) is 119 cm³/mol. The van der Waals surface area contributed by atoms with Crippen molar-refractivity contribution in [3.63, 3.8) is 0 Å². The third kappa shape index (κ3) is 3.98. The summed E-state index contributed by atoms with van der Waals surface area (Å²) in [6, 6.07) is 9.79. The Morgan fingerprint density at radius 2 is 1.88 bits per heavy atom. The summed E-state index contributed by atoms with van der Waals surface area (Å²) < 4.78 is 41.6. The third-order valence-corrected chi connectivity index (χ3v) is 6.44. The van der Waals surface area contributed by atoms with E-state index in [4.69, 9.17) is 0 Å². The van der Waals surface area contributed by atoms with Crippen molar-refractivity contribution >= 4 is 38.5 Å². The van der Waals surface area contributed by atoms with Gasteiger partial charge in [0.2, 0.25) is 0 Å². The normalized spacial score (nSPS) is 13.2. The number of alkyl halides is 3. The van der Waals surface area contributed by atoms with Gasteiger partial charge in [-0.3, -0.25) is 9.36 Å². The van der Waals surface area contributed by atoms with Crippen molar-refractivity contribution in [2.75, 3.05) is 6.61 Å². The summed E-state index contributed by atoms with van der Waals surface area (Å²) in [4.78, 5) is 17.3. The van der Waals surface area contributed by atoms with Crippen LogP contribution in [0.25, 0.3) is 26.9 Å². The van der Waals surface area contributed by atoms with E-state index in [1.54, 1.807) is 22.8 Å². The fourth-order valence-corrected chi connectivity index (χ4v) is 4.58. The fraction of sp³-hybridized carbons (Fsp3) is 0.304. The zero-order valence-electron chi connectivity index (χ0n) is 17.7. The standard InChI is InChI=1S/C23H22F3N3O2S/c1-12(2)18(11-30)28-22(31)14-4-9-19-17(10-14)20-21(27-13(3)32-20)29(19)16-7-5-15(6-8-16)23(24,25)26/h4-10,12,18,30H,11H2,1-3H3,(H,28,31)/t18-/m1/s1. The van der Waals surface area contributed by atoms with E-state index in [1.165, 1.54) is 23.5 Å². The quantitative estimate of drug-likeness (QED) is 0.423. The predicted octanol–water partition coefficient (Wildman–Crippen LogP) is 5.31. The molecule has 0 aliphatic heterocycles. The van der Waals surface area contributed by atoms with E-state index in [9.17, 15) is 23.1 Å². The first-order valence-electron chi connectivity index (χ1n) is 10.1. The number of nitrogens with zero attached hydrogens (tertiary/aromatic N) is 2. The number of amides is 1. The molecule has 5 nitrogen and oxygen atoms in total. The maximum absolute atomic E-state index is 13.0. The van der Waals surface area contributed by atoms with E-state index in [0.717, 1.165) is 32.7 Å². The molecule has 2 N–H and O–H groups in total. The number of fused-ring (bicyclic) bond motifs is 3. The van der Waals surface area contributed by atoms with E-state index in [0.29, 0.717) is 16.9 Å². The molecule has 0 radical (unpaired) electrons. The molecule has 0 aliphatic carbocycles. The van der Waals surface area contributed by atoms with Gasteiger partial charge in [0, 0.05) is 16.6 Å². The Hall–Kier alpha value is -2.91. The lowest BCUT2D eigenvalue weighted by Gasteiger charge is -2.19. The molecule has 0 aliphatic rings. The van der Waals surface area contributed by atoms with Gasteiger partial charge in [0.05, 0.1) is 33.4 Å². The molecule has 1 amide bonds. The fourth-order valence-electron chi connectivity index (χ4n) is 3.65. The van der Waals surface area contributed by atoms with Gasteiger partial charge in [-0.1, -0.05) is 13.8 Å². The van der Waals surface area contributed by atoms with Crippen LogP contribution in [0.4, 0.5) is 13.2 Å². The van der Waals surface area contributed by atoms with Crippen LogP contribution < -0.4 is 5.32 Å². The highest BCUT2D eigenvalue weighted by molar-refractivity contribution is 7.19. The van der Waals surface area contributed by atoms with Gasteiger partial charge in [-0.25, -0.2) is 4.98 Å². The number of thiazole rings is 1. The number of rotatable bonds is 5. The topological polar surface area (TPSA) is 67.2 Å². The number of aliphatic hydroxyl groups excluding tert-OH is 1. The second-order valence-corrected chi connectivity index (χ2v) is 9.21. The number of hydrogen-bond acceptors (Lipinski definition) is 4. The summed E-state index contributed by atoms with van der Waals surface area (Å²) in [5.74, 6) is -0.222. The monoisotopic (exact) mass is 461 g/mol. The van der Waals surface area contributed by atoms with Crippen molar-refractivity contribution in [1.29, 1.82) is 0 Å². The molecule has 9 heteroatoms. The number of aliphatic hydroxyl groups is 1. The van der Waals surface area contributed by atoms with Crippen molar-refractivity contribution in [2.45, 2.75) is 33.0 Å². The summed E-state index contributed by atoms with van der Waals surface area (Å²) in [5.41, 5.74) is 1.66. The number of benzene rings is 2. The minimum Gasteiger partial charge on any atom is -0.394 e.